The van der Waals surface area contributed by atoms with E-state index in [1.165, 1.54) is 5.56 Å². The molecule has 2 rings (SSSR count). The average Bonchev–Trinajstić information content (AvgIpc) is 2.48. The summed E-state index contributed by atoms with van der Waals surface area (Å²) in [6.45, 7) is 7.12. The van der Waals surface area contributed by atoms with Gasteiger partial charge in [-0.15, -0.1) is 0 Å². The molecule has 0 saturated carbocycles. The minimum absolute atomic E-state index is 0.192. The molecule has 0 fully saturated rings. The Balaban J connectivity index is 2.19. The fraction of sp³-hybridized carbons (Fsp3) is 0.353. The van der Waals surface area contributed by atoms with Crippen LogP contribution in [0.15, 0.2) is 42.7 Å². The zero-order valence-corrected chi connectivity index (χ0v) is 12.4. The van der Waals surface area contributed by atoms with Crippen molar-refractivity contribution in [2.45, 2.75) is 39.2 Å². The summed E-state index contributed by atoms with van der Waals surface area (Å²) >= 11 is 0. The van der Waals surface area contributed by atoms with E-state index >= 15 is 0 Å². The zero-order chi connectivity index (χ0) is 14.6. The van der Waals surface area contributed by atoms with Gasteiger partial charge in [0, 0.05) is 24.5 Å². The molecule has 1 heterocycles. The maximum absolute atomic E-state index is 5.88. The summed E-state index contributed by atoms with van der Waals surface area (Å²) in [6, 6.07) is 10.1. The van der Waals surface area contributed by atoms with Gasteiger partial charge in [0.05, 0.1) is 0 Å². The van der Waals surface area contributed by atoms with Gasteiger partial charge in [-0.1, -0.05) is 32.9 Å². The standard InChI is InChI=1S/C17H22N2O/c1-4-17(2,3)14-5-7-15(8-6-14)20-16-9-10-19-12-13(16)11-18/h5-10,12H,4,11,18H2,1-3H3. The molecular weight excluding hydrogens is 248 g/mol. The quantitative estimate of drug-likeness (QED) is 0.892. The lowest BCUT2D eigenvalue weighted by molar-refractivity contribution is 0.472. The molecule has 1 aromatic heterocycles. The Morgan fingerprint density at radius 3 is 2.45 bits per heavy atom. The van der Waals surface area contributed by atoms with Crippen LogP contribution in [0.4, 0.5) is 0 Å². The first kappa shape index (κ1) is 14.5. The number of ether oxygens (including phenoxy) is 1. The fourth-order valence-corrected chi connectivity index (χ4v) is 1.97. The van der Waals surface area contributed by atoms with E-state index < -0.39 is 0 Å². The van der Waals surface area contributed by atoms with Crippen molar-refractivity contribution in [3.63, 3.8) is 0 Å². The summed E-state index contributed by atoms with van der Waals surface area (Å²) in [5.74, 6) is 1.59. The van der Waals surface area contributed by atoms with E-state index in [0.717, 1.165) is 23.5 Å². The smallest absolute Gasteiger partial charge is 0.134 e. The van der Waals surface area contributed by atoms with Crippen LogP contribution in [0.5, 0.6) is 11.5 Å². The molecule has 0 atom stereocenters. The van der Waals surface area contributed by atoms with Crippen LogP contribution in [-0.4, -0.2) is 4.98 Å². The summed E-state index contributed by atoms with van der Waals surface area (Å²) in [6.07, 6.45) is 4.56. The summed E-state index contributed by atoms with van der Waals surface area (Å²) < 4.78 is 5.88. The van der Waals surface area contributed by atoms with Gasteiger partial charge in [0.15, 0.2) is 0 Å². The summed E-state index contributed by atoms with van der Waals surface area (Å²) in [4.78, 5) is 4.06. The molecule has 0 unspecified atom stereocenters. The molecule has 20 heavy (non-hydrogen) atoms. The third-order valence-corrected chi connectivity index (χ3v) is 3.83. The summed E-state index contributed by atoms with van der Waals surface area (Å²) in [7, 11) is 0. The van der Waals surface area contributed by atoms with Crippen molar-refractivity contribution >= 4 is 0 Å². The van der Waals surface area contributed by atoms with E-state index in [2.05, 4.69) is 37.9 Å². The number of rotatable bonds is 5. The zero-order valence-electron chi connectivity index (χ0n) is 12.4. The maximum atomic E-state index is 5.88. The van der Waals surface area contributed by atoms with E-state index in [1.54, 1.807) is 12.4 Å². The van der Waals surface area contributed by atoms with Crippen LogP contribution >= 0.6 is 0 Å². The van der Waals surface area contributed by atoms with Crippen LogP contribution < -0.4 is 10.5 Å². The monoisotopic (exact) mass is 270 g/mol. The van der Waals surface area contributed by atoms with Gasteiger partial charge in [0.1, 0.15) is 11.5 Å². The van der Waals surface area contributed by atoms with Gasteiger partial charge in [-0.3, -0.25) is 4.98 Å². The topological polar surface area (TPSA) is 48.1 Å². The first-order valence-electron chi connectivity index (χ1n) is 6.98. The van der Waals surface area contributed by atoms with E-state index in [1.807, 2.05) is 18.2 Å². The van der Waals surface area contributed by atoms with Crippen LogP contribution in [0.3, 0.4) is 0 Å². The lowest BCUT2D eigenvalue weighted by atomic mass is 9.82. The molecule has 0 spiro atoms. The predicted molar refractivity (Wildman–Crippen MR) is 82.0 cm³/mol. The number of pyridine rings is 1. The van der Waals surface area contributed by atoms with Crippen molar-refractivity contribution < 1.29 is 4.74 Å². The Kier molecular flexibility index (Phi) is 4.40. The van der Waals surface area contributed by atoms with Crippen molar-refractivity contribution in [1.82, 2.24) is 4.98 Å². The molecule has 0 amide bonds. The van der Waals surface area contributed by atoms with E-state index in [-0.39, 0.29) is 5.41 Å². The number of hydrogen-bond donors (Lipinski definition) is 1. The first-order chi connectivity index (χ1) is 9.56. The van der Waals surface area contributed by atoms with Gasteiger partial charge in [0.2, 0.25) is 0 Å². The summed E-state index contributed by atoms with van der Waals surface area (Å²) in [5, 5.41) is 0. The maximum Gasteiger partial charge on any atom is 0.134 e. The Bertz CT molecular complexity index is 561. The van der Waals surface area contributed by atoms with Crippen molar-refractivity contribution in [3.05, 3.63) is 53.9 Å². The van der Waals surface area contributed by atoms with Crippen molar-refractivity contribution in [1.29, 1.82) is 0 Å². The van der Waals surface area contributed by atoms with Crippen LogP contribution in [0, 0.1) is 0 Å². The first-order valence-corrected chi connectivity index (χ1v) is 6.98. The van der Waals surface area contributed by atoms with Gasteiger partial charge in [-0.25, -0.2) is 0 Å². The Labute approximate surface area is 120 Å². The van der Waals surface area contributed by atoms with Gasteiger partial charge < -0.3 is 10.5 Å². The molecule has 2 aromatic rings. The van der Waals surface area contributed by atoms with Gasteiger partial charge >= 0.3 is 0 Å². The SMILES string of the molecule is CCC(C)(C)c1ccc(Oc2ccncc2CN)cc1. The highest BCUT2D eigenvalue weighted by molar-refractivity contribution is 5.38. The molecule has 0 aliphatic carbocycles. The van der Waals surface area contributed by atoms with Gasteiger partial charge in [0.25, 0.3) is 0 Å². The molecule has 0 aliphatic heterocycles. The highest BCUT2D eigenvalue weighted by Gasteiger charge is 2.17. The molecule has 3 heteroatoms. The fourth-order valence-electron chi connectivity index (χ4n) is 1.97. The summed E-state index contributed by atoms with van der Waals surface area (Å²) in [5.41, 5.74) is 8.10. The minimum atomic E-state index is 0.192. The Hall–Kier alpha value is -1.87. The van der Waals surface area contributed by atoms with Crippen molar-refractivity contribution in [2.24, 2.45) is 5.73 Å². The van der Waals surface area contributed by atoms with Crippen LogP contribution in [-0.2, 0) is 12.0 Å². The third kappa shape index (κ3) is 3.17. The normalized spacial score (nSPS) is 11.4. The second kappa shape index (κ2) is 6.06. The van der Waals surface area contributed by atoms with E-state index in [9.17, 15) is 0 Å². The minimum Gasteiger partial charge on any atom is -0.457 e. The van der Waals surface area contributed by atoms with Gasteiger partial charge in [-0.05, 0) is 35.6 Å². The van der Waals surface area contributed by atoms with Crippen LogP contribution in [0.2, 0.25) is 0 Å². The number of aromatic nitrogens is 1. The molecule has 106 valence electrons. The van der Waals surface area contributed by atoms with Crippen molar-refractivity contribution in [3.8, 4) is 11.5 Å². The Morgan fingerprint density at radius 2 is 1.85 bits per heavy atom. The average molecular weight is 270 g/mol. The lowest BCUT2D eigenvalue weighted by Crippen LogP contribution is -2.14. The van der Waals surface area contributed by atoms with Crippen molar-refractivity contribution in [2.75, 3.05) is 0 Å². The molecule has 0 radical (unpaired) electrons. The lowest BCUT2D eigenvalue weighted by Gasteiger charge is -2.23. The molecular formula is C17H22N2O. The highest BCUT2D eigenvalue weighted by atomic mass is 16.5. The van der Waals surface area contributed by atoms with Crippen LogP contribution in [0.25, 0.3) is 0 Å². The Morgan fingerprint density at radius 1 is 1.15 bits per heavy atom. The molecule has 3 nitrogen and oxygen atoms in total. The number of nitrogens with two attached hydrogens (primary N) is 1. The highest BCUT2D eigenvalue weighted by Crippen LogP contribution is 2.30. The molecule has 2 N–H and O–H groups in total. The molecule has 0 saturated heterocycles. The van der Waals surface area contributed by atoms with Gasteiger partial charge in [-0.2, -0.15) is 0 Å². The van der Waals surface area contributed by atoms with E-state index in [0.29, 0.717) is 6.54 Å². The molecule has 0 aliphatic rings. The number of benzene rings is 1. The van der Waals surface area contributed by atoms with E-state index in [4.69, 9.17) is 10.5 Å². The molecule has 1 aromatic carbocycles. The number of hydrogen-bond acceptors (Lipinski definition) is 3. The second-order valence-corrected chi connectivity index (χ2v) is 5.55. The largest absolute Gasteiger partial charge is 0.457 e. The predicted octanol–water partition coefficient (Wildman–Crippen LogP) is 4.02. The second-order valence-electron chi connectivity index (χ2n) is 5.55. The third-order valence-electron chi connectivity index (χ3n) is 3.83. The van der Waals surface area contributed by atoms with Crippen LogP contribution in [0.1, 0.15) is 38.3 Å². The number of nitrogens with zero attached hydrogens (tertiary/aromatic N) is 1. The molecule has 0 bridgehead atoms.